The van der Waals surface area contributed by atoms with Gasteiger partial charge in [-0.2, -0.15) is 5.26 Å². The van der Waals surface area contributed by atoms with Crippen LogP contribution in [0.3, 0.4) is 0 Å². The molecule has 70 heavy (non-hydrogen) atoms. The number of aliphatic hydroxyl groups is 3. The quantitative estimate of drug-likeness (QED) is 0.0567. The lowest BCUT2D eigenvalue weighted by Crippen LogP contribution is -2.21. The zero-order chi connectivity index (χ0) is 51.4. The number of cyclic esters (lactones) is 1. The number of hydrogen-bond acceptors (Lipinski definition) is 12. The van der Waals surface area contributed by atoms with E-state index in [1.165, 1.54) is 41.0 Å². The molecule has 0 aromatic heterocycles. The summed E-state index contributed by atoms with van der Waals surface area (Å²) in [7, 11) is 0. The first-order chi connectivity index (χ1) is 33.7. The molecule has 1 unspecified atom stereocenters. The standard InChI is InChI=1S/C13H16O3.C13H16O2.C7H7Br.C7H5ClO3.C6H12O2.C6H10O2.CHCl3/c14-13-7-6-12(8-9-15-13)16-10-11-4-2-1-3-5-11;14-12-6-8-13(9-7-12)15-10-11-4-2-1-3-5-11;8-6-7-4-2-1-3-5-7;8-6-3-1-5(2-4-6)7(9)11-10;2*7-5-1-2-6(8)4-3-5;2-1(3)4/h1-5,12H,6-10H2;1-5,13H,6-10H2;1-5H,6H2;1-4,10H;5-8H,1-4H2;5,7H,1-4H2;1H. The molecule has 0 amide bonds. The van der Waals surface area contributed by atoms with E-state index in [1.807, 2.05) is 66.7 Å². The highest BCUT2D eigenvalue weighted by Crippen LogP contribution is 2.20. The molecular weight excluding hydrogens is 1050 g/mol. The predicted molar refractivity (Wildman–Crippen MR) is 278 cm³/mol. The summed E-state index contributed by atoms with van der Waals surface area (Å²) in [5, 5.41) is 36.2. The summed E-state index contributed by atoms with van der Waals surface area (Å²) >= 11 is 23.3. The Labute approximate surface area is 440 Å². The van der Waals surface area contributed by atoms with Gasteiger partial charge in [-0.25, -0.2) is 4.79 Å². The zero-order valence-corrected chi connectivity index (χ0v) is 43.9. The van der Waals surface area contributed by atoms with E-state index in [-0.39, 0.29) is 42.1 Å². The number of halogens is 5. The maximum atomic E-state index is 11.0. The number of alkyl halides is 4. The van der Waals surface area contributed by atoms with Crippen molar-refractivity contribution < 1.29 is 58.9 Å². The average molecular weight is 1120 g/mol. The number of Topliss-reactive ketones (excluding diaryl/α,β-unsaturated/α-hetero) is 2. The molecule has 4 fully saturated rings. The molecule has 4 aromatic rings. The molecule has 4 aliphatic rings. The Bertz CT molecular complexity index is 1940. The van der Waals surface area contributed by atoms with Crippen LogP contribution in [0, 0.1) is 0 Å². The van der Waals surface area contributed by atoms with Crippen LogP contribution in [0.1, 0.15) is 123 Å². The molecule has 12 nitrogen and oxygen atoms in total. The highest BCUT2D eigenvalue weighted by atomic mass is 79.9. The summed E-state index contributed by atoms with van der Waals surface area (Å²) in [6, 6.07) is 36.5. The van der Waals surface area contributed by atoms with Gasteiger partial charge in [0.1, 0.15) is 11.6 Å². The van der Waals surface area contributed by atoms with Crippen molar-refractivity contribution in [2.45, 2.75) is 150 Å². The molecule has 0 radical (unpaired) electrons. The van der Waals surface area contributed by atoms with E-state index in [2.05, 4.69) is 45.1 Å². The first-order valence-corrected chi connectivity index (χ1v) is 26.2. The van der Waals surface area contributed by atoms with Crippen LogP contribution >= 0.6 is 62.3 Å². The minimum Gasteiger partial charge on any atom is -0.466 e. The third kappa shape index (κ3) is 32.5. The lowest BCUT2D eigenvalue weighted by molar-refractivity contribution is -0.182. The van der Waals surface area contributed by atoms with Crippen LogP contribution in [-0.4, -0.2) is 85.5 Å². The van der Waals surface area contributed by atoms with Gasteiger partial charge >= 0.3 is 11.9 Å². The van der Waals surface area contributed by atoms with Gasteiger partial charge in [0.05, 0.1) is 55.9 Å². The van der Waals surface area contributed by atoms with E-state index in [4.69, 9.17) is 81.2 Å². The van der Waals surface area contributed by atoms with Crippen molar-refractivity contribution in [1.29, 1.82) is 0 Å². The van der Waals surface area contributed by atoms with Gasteiger partial charge in [-0.05, 0) is 98.7 Å². The van der Waals surface area contributed by atoms with Crippen LogP contribution in [0.5, 0.6) is 0 Å². The number of aliphatic hydroxyl groups excluding tert-OH is 3. The number of benzene rings is 4. The lowest BCUT2D eigenvalue weighted by atomic mass is 9.95. The normalized spacial score (nSPS) is 19.0. The second-order valence-corrected chi connectivity index (χ2v) is 19.5. The molecule has 3 aliphatic carbocycles. The van der Waals surface area contributed by atoms with Crippen molar-refractivity contribution in [3.05, 3.63) is 143 Å². The molecule has 1 aliphatic heterocycles. The SMILES string of the molecule is BrCc1ccccc1.ClC(Cl)Cl.O=C(OO)c1ccc(Cl)cc1.O=C1CCC(O)CC1.O=C1CCC(OCc2ccccc2)CC1.O=C1CCC(OCc2ccccc2)CCO1.OC1CCC(O)CC1. The summed E-state index contributed by atoms with van der Waals surface area (Å²) in [6.45, 7) is 1.76. The fraction of sp³-hybridized carbons (Fsp3) is 0.472. The average Bonchev–Trinajstić information content (AvgIpc) is 3.60. The molecule has 1 saturated heterocycles. The molecule has 3 saturated carbocycles. The fourth-order valence-electron chi connectivity index (χ4n) is 6.81. The molecule has 4 aromatic carbocycles. The number of carbonyl (C=O) groups is 4. The summed E-state index contributed by atoms with van der Waals surface area (Å²) in [5.41, 5.74) is 3.96. The van der Waals surface area contributed by atoms with Gasteiger partial charge in [-0.15, -0.1) is 0 Å². The van der Waals surface area contributed by atoms with Gasteiger partial charge in [0, 0.05) is 48.9 Å². The lowest BCUT2D eigenvalue weighted by Gasteiger charge is -2.21. The highest BCUT2D eigenvalue weighted by Gasteiger charge is 2.20. The molecule has 0 spiro atoms. The fourth-order valence-corrected chi connectivity index (χ4v) is 7.31. The van der Waals surface area contributed by atoms with Crippen LogP contribution in [0.2, 0.25) is 5.02 Å². The summed E-state index contributed by atoms with van der Waals surface area (Å²) in [6.07, 6.45) is 10.8. The topological polar surface area (TPSA) is 186 Å². The van der Waals surface area contributed by atoms with Crippen LogP contribution < -0.4 is 0 Å². The third-order valence-electron chi connectivity index (χ3n) is 10.9. The van der Waals surface area contributed by atoms with E-state index in [9.17, 15) is 19.2 Å². The van der Waals surface area contributed by atoms with E-state index >= 15 is 0 Å². The molecule has 17 heteroatoms. The van der Waals surface area contributed by atoms with Gasteiger partial charge in [0.2, 0.25) is 0 Å². The van der Waals surface area contributed by atoms with Crippen molar-refractivity contribution >= 4 is 85.8 Å². The van der Waals surface area contributed by atoms with E-state index in [0.29, 0.717) is 81.4 Å². The number of hydrogen-bond donors (Lipinski definition) is 4. The van der Waals surface area contributed by atoms with Crippen molar-refractivity contribution in [3.8, 4) is 0 Å². The van der Waals surface area contributed by atoms with Crippen molar-refractivity contribution in [2.24, 2.45) is 0 Å². The Morgan fingerprint density at radius 3 is 1.31 bits per heavy atom. The largest absolute Gasteiger partial charge is 0.466 e. The van der Waals surface area contributed by atoms with E-state index in [1.54, 1.807) is 0 Å². The summed E-state index contributed by atoms with van der Waals surface area (Å²) in [4.78, 5) is 46.7. The minimum atomic E-state index is -0.790. The third-order valence-corrected chi connectivity index (χ3v) is 11.8. The Kier molecular flexibility index (Phi) is 35.0. The summed E-state index contributed by atoms with van der Waals surface area (Å²) in [5.74, 6) is -0.211. The van der Waals surface area contributed by atoms with Gasteiger partial charge < -0.3 is 29.5 Å². The Morgan fingerprint density at radius 1 is 0.557 bits per heavy atom. The number of ether oxygens (including phenoxy) is 3. The second kappa shape index (κ2) is 39.1. The van der Waals surface area contributed by atoms with E-state index < -0.39 is 10.3 Å². The van der Waals surface area contributed by atoms with Crippen molar-refractivity contribution in [1.82, 2.24) is 0 Å². The molecule has 4 N–H and O–H groups in total. The minimum absolute atomic E-state index is 0.106. The van der Waals surface area contributed by atoms with Gasteiger partial charge in [0.25, 0.3) is 0 Å². The monoisotopic (exact) mass is 1110 g/mol. The maximum absolute atomic E-state index is 11.0. The van der Waals surface area contributed by atoms with Gasteiger partial charge in [0.15, 0.2) is 4.30 Å². The van der Waals surface area contributed by atoms with Gasteiger partial charge in [-0.1, -0.05) is 153 Å². The van der Waals surface area contributed by atoms with Crippen LogP contribution in [0.4, 0.5) is 0 Å². The number of rotatable bonds is 8. The molecule has 1 heterocycles. The number of carbonyl (C=O) groups excluding carboxylic acids is 4. The van der Waals surface area contributed by atoms with Crippen molar-refractivity contribution in [3.63, 3.8) is 0 Å². The van der Waals surface area contributed by atoms with Crippen LogP contribution in [-0.2, 0) is 52.0 Å². The highest BCUT2D eigenvalue weighted by molar-refractivity contribution is 9.08. The molecule has 0 bridgehead atoms. The summed E-state index contributed by atoms with van der Waals surface area (Å²) < 4.78 is 15.7. The molecule has 1 atom stereocenters. The van der Waals surface area contributed by atoms with Gasteiger partial charge in [-0.3, -0.25) is 19.3 Å². The Hall–Kier alpha value is -3.44. The Morgan fingerprint density at radius 2 is 0.929 bits per heavy atom. The predicted octanol–water partition coefficient (Wildman–Crippen LogP) is 12.3. The molecular formula is C53H67BrCl4O12. The van der Waals surface area contributed by atoms with Crippen LogP contribution in [0.15, 0.2) is 115 Å². The molecule has 386 valence electrons. The maximum Gasteiger partial charge on any atom is 0.372 e. The smallest absolute Gasteiger partial charge is 0.372 e. The Balaban J connectivity index is 0.000000290. The first-order valence-electron chi connectivity index (χ1n) is 23.3. The number of esters is 1. The van der Waals surface area contributed by atoms with E-state index in [0.717, 1.165) is 56.7 Å². The van der Waals surface area contributed by atoms with Crippen LogP contribution in [0.25, 0.3) is 0 Å². The first kappa shape index (κ1) is 62.7. The van der Waals surface area contributed by atoms with Crippen molar-refractivity contribution in [2.75, 3.05) is 6.61 Å². The zero-order valence-electron chi connectivity index (χ0n) is 39.3. The molecule has 8 rings (SSSR count). The second-order valence-electron chi connectivity index (χ2n) is 16.5. The number of ketones is 2.